The number of rotatable bonds is 6. The van der Waals surface area contributed by atoms with Gasteiger partial charge in [0.05, 0.1) is 11.3 Å². The van der Waals surface area contributed by atoms with E-state index in [-0.39, 0.29) is 5.56 Å². The van der Waals surface area contributed by atoms with Crippen molar-refractivity contribution in [3.63, 3.8) is 0 Å². The summed E-state index contributed by atoms with van der Waals surface area (Å²) in [7, 11) is 1.63. The molecule has 1 heterocycles. The molecular weight excluding hydrogens is 438 g/mol. The number of carbonyl (C=O) groups is 1. The van der Waals surface area contributed by atoms with Gasteiger partial charge in [0.15, 0.2) is 6.10 Å². The zero-order valence-corrected chi connectivity index (χ0v) is 20.7. The lowest BCUT2D eigenvalue weighted by Gasteiger charge is -2.30. The number of aliphatic carboxylic acids is 1. The Kier molecular flexibility index (Phi) is 7.65. The minimum absolute atomic E-state index is 0.253. The van der Waals surface area contributed by atoms with Gasteiger partial charge in [0.2, 0.25) is 0 Å². The van der Waals surface area contributed by atoms with Gasteiger partial charge >= 0.3 is 5.97 Å². The van der Waals surface area contributed by atoms with Crippen LogP contribution in [0.25, 0.3) is 17.7 Å². The van der Waals surface area contributed by atoms with E-state index in [1.165, 1.54) is 4.57 Å². The molecule has 1 unspecified atom stereocenters. The summed E-state index contributed by atoms with van der Waals surface area (Å²) in [6, 6.07) is 7.37. The van der Waals surface area contributed by atoms with Crippen LogP contribution in [0.4, 0.5) is 0 Å². The number of hydrogen-bond acceptors (Lipinski definition) is 3. The lowest BCUT2D eigenvalue weighted by atomic mass is 9.86. The van der Waals surface area contributed by atoms with Crippen molar-refractivity contribution in [2.45, 2.75) is 65.1 Å². The Balaban J connectivity index is 2.25. The highest BCUT2D eigenvalue weighted by molar-refractivity contribution is 6.30. The van der Waals surface area contributed by atoms with Crippen molar-refractivity contribution in [1.82, 2.24) is 4.57 Å². The topological polar surface area (TPSA) is 68.5 Å². The second-order valence-corrected chi connectivity index (χ2v) is 9.91. The van der Waals surface area contributed by atoms with Crippen LogP contribution in [-0.4, -0.2) is 21.2 Å². The van der Waals surface area contributed by atoms with Crippen molar-refractivity contribution < 1.29 is 14.6 Å². The molecule has 1 aromatic heterocycles. The van der Waals surface area contributed by atoms with Gasteiger partial charge in [0, 0.05) is 23.2 Å². The quantitative estimate of drug-likeness (QED) is 0.530. The van der Waals surface area contributed by atoms with Crippen LogP contribution >= 0.6 is 11.6 Å². The molecule has 0 amide bonds. The van der Waals surface area contributed by atoms with Crippen LogP contribution in [-0.2, 0) is 16.6 Å². The number of ether oxygens (including phenoxy) is 1. The number of halogens is 1. The van der Waals surface area contributed by atoms with E-state index in [9.17, 15) is 14.7 Å². The molecule has 176 valence electrons. The molecule has 1 atom stereocenters. The summed E-state index contributed by atoms with van der Waals surface area (Å²) in [5, 5.41) is 10.7. The Hall–Kier alpha value is -2.63. The molecule has 0 spiro atoms. The average Bonchev–Trinajstić information content (AvgIpc) is 2.75. The van der Waals surface area contributed by atoms with Gasteiger partial charge in [-0.05, 0) is 88.3 Å². The van der Waals surface area contributed by atoms with E-state index in [1.807, 2.05) is 45.9 Å². The van der Waals surface area contributed by atoms with E-state index in [4.69, 9.17) is 16.3 Å². The van der Waals surface area contributed by atoms with E-state index in [1.54, 1.807) is 25.3 Å². The molecule has 5 nitrogen and oxygen atoms in total. The number of carboxylic acid groups (broad SMARTS) is 1. The van der Waals surface area contributed by atoms with Crippen LogP contribution in [0.15, 0.2) is 35.1 Å². The minimum atomic E-state index is -1.26. The Morgan fingerprint density at radius 2 is 1.85 bits per heavy atom. The highest BCUT2D eigenvalue weighted by Gasteiger charge is 2.33. The molecule has 1 aliphatic carbocycles. The Bertz CT molecular complexity index is 1150. The number of allylic oxidation sites excluding steroid dienone is 2. The van der Waals surface area contributed by atoms with Gasteiger partial charge < -0.3 is 14.4 Å². The summed E-state index contributed by atoms with van der Waals surface area (Å²) in [5.41, 5.74) is 3.57. The summed E-state index contributed by atoms with van der Waals surface area (Å²) in [6.45, 7) is 7.34. The minimum Gasteiger partial charge on any atom is -0.479 e. The Labute approximate surface area is 200 Å². The number of nitrogens with zero attached hydrogens (tertiary/aromatic N) is 1. The summed E-state index contributed by atoms with van der Waals surface area (Å²) < 4.78 is 7.42. The normalized spacial score (nSPS) is 15.5. The molecule has 6 heteroatoms. The molecule has 33 heavy (non-hydrogen) atoms. The van der Waals surface area contributed by atoms with E-state index in [0.29, 0.717) is 16.3 Å². The zero-order valence-electron chi connectivity index (χ0n) is 19.9. The highest BCUT2D eigenvalue weighted by atomic mass is 35.5. The molecular formula is C27H32ClNO4. The summed E-state index contributed by atoms with van der Waals surface area (Å²) in [5.74, 6) is -1.11. The van der Waals surface area contributed by atoms with Crippen molar-refractivity contribution in [1.29, 1.82) is 0 Å². The third-order valence-electron chi connectivity index (χ3n) is 5.80. The van der Waals surface area contributed by atoms with E-state index in [2.05, 4.69) is 6.08 Å². The molecule has 0 aliphatic heterocycles. The molecule has 0 fully saturated rings. The van der Waals surface area contributed by atoms with Crippen LogP contribution in [0.2, 0.25) is 5.02 Å². The predicted octanol–water partition coefficient (Wildman–Crippen LogP) is 6.42. The summed E-state index contributed by atoms with van der Waals surface area (Å²) in [6.07, 6.45) is 8.50. The molecule has 2 aromatic rings. The molecule has 1 aliphatic rings. The molecule has 3 rings (SSSR count). The third kappa shape index (κ3) is 5.84. The van der Waals surface area contributed by atoms with Gasteiger partial charge in [-0.25, -0.2) is 4.79 Å². The zero-order chi connectivity index (χ0) is 24.3. The number of carboxylic acids is 1. The third-order valence-corrected chi connectivity index (χ3v) is 6.05. The average molecular weight is 470 g/mol. The van der Waals surface area contributed by atoms with Crippen LogP contribution < -0.4 is 5.56 Å². The molecule has 0 bridgehead atoms. The second-order valence-electron chi connectivity index (χ2n) is 9.47. The largest absolute Gasteiger partial charge is 0.479 e. The van der Waals surface area contributed by atoms with Gasteiger partial charge in [-0.1, -0.05) is 35.9 Å². The van der Waals surface area contributed by atoms with E-state index >= 15 is 0 Å². The van der Waals surface area contributed by atoms with Crippen molar-refractivity contribution >= 4 is 35.3 Å². The van der Waals surface area contributed by atoms with Crippen LogP contribution in [0.1, 0.15) is 80.5 Å². The predicted molar refractivity (Wildman–Crippen MR) is 134 cm³/mol. The van der Waals surface area contributed by atoms with Gasteiger partial charge in [-0.2, -0.15) is 0 Å². The first-order valence-corrected chi connectivity index (χ1v) is 11.6. The number of aromatic nitrogens is 1. The maximum Gasteiger partial charge on any atom is 0.339 e. The number of hydrogen-bond donors (Lipinski definition) is 1. The van der Waals surface area contributed by atoms with E-state index in [0.717, 1.165) is 47.9 Å². The van der Waals surface area contributed by atoms with Gasteiger partial charge in [-0.3, -0.25) is 4.79 Å². The first-order valence-electron chi connectivity index (χ1n) is 11.3. The highest BCUT2D eigenvalue weighted by Crippen LogP contribution is 2.37. The molecule has 0 radical (unpaired) electrons. The first kappa shape index (κ1) is 25.0. The lowest BCUT2D eigenvalue weighted by molar-refractivity contribution is -0.161. The maximum atomic E-state index is 13.4. The van der Waals surface area contributed by atoms with E-state index < -0.39 is 17.7 Å². The van der Waals surface area contributed by atoms with Crippen molar-refractivity contribution in [3.05, 3.63) is 73.7 Å². The lowest BCUT2D eigenvalue weighted by Crippen LogP contribution is -2.34. The second kappa shape index (κ2) is 10.1. The van der Waals surface area contributed by atoms with Crippen LogP contribution in [0.3, 0.4) is 0 Å². The van der Waals surface area contributed by atoms with Gasteiger partial charge in [0.1, 0.15) is 0 Å². The standard InChI is InChI=1S/C27H32ClNO4/c1-17-21(16-13-18-11-14-20(28)15-12-18)25(30)29(5)23(22(17)19-9-7-6-8-10-19)24(26(31)32)33-27(2,3)4/h9,11-16,24H,6-8,10H2,1-5H3,(H,31,32)/b16-13+. The molecule has 1 aromatic carbocycles. The fourth-order valence-electron chi connectivity index (χ4n) is 4.25. The number of benzene rings is 1. The summed E-state index contributed by atoms with van der Waals surface area (Å²) >= 11 is 5.98. The maximum absolute atomic E-state index is 13.4. The monoisotopic (exact) mass is 469 g/mol. The first-order chi connectivity index (χ1) is 15.5. The number of pyridine rings is 1. The smallest absolute Gasteiger partial charge is 0.339 e. The fourth-order valence-corrected chi connectivity index (χ4v) is 4.37. The fraction of sp³-hybridized carbons (Fsp3) is 0.407. The summed E-state index contributed by atoms with van der Waals surface area (Å²) in [4.78, 5) is 25.8. The Morgan fingerprint density at radius 1 is 1.18 bits per heavy atom. The van der Waals surface area contributed by atoms with Gasteiger partial charge in [0.25, 0.3) is 5.56 Å². The van der Waals surface area contributed by atoms with Gasteiger partial charge in [-0.15, -0.1) is 0 Å². The molecule has 0 saturated carbocycles. The van der Waals surface area contributed by atoms with Crippen LogP contribution in [0, 0.1) is 6.92 Å². The SMILES string of the molecule is Cc1c(C2=CCCCC2)c(C(OC(C)(C)C)C(=O)O)n(C)c(=O)c1/C=C/c1ccc(Cl)cc1. The van der Waals surface area contributed by atoms with Crippen LogP contribution in [0.5, 0.6) is 0 Å². The van der Waals surface area contributed by atoms with Crippen molar-refractivity contribution in [3.8, 4) is 0 Å². The molecule has 0 saturated heterocycles. The Morgan fingerprint density at radius 3 is 2.39 bits per heavy atom. The van der Waals surface area contributed by atoms with Crippen molar-refractivity contribution in [2.75, 3.05) is 0 Å². The van der Waals surface area contributed by atoms with Crippen molar-refractivity contribution in [2.24, 2.45) is 7.05 Å². The molecule has 1 N–H and O–H groups in total.